The van der Waals surface area contributed by atoms with Crippen molar-refractivity contribution in [2.75, 3.05) is 0 Å². The third-order valence-corrected chi connectivity index (χ3v) is 1.98. The number of aromatic nitrogens is 1. The van der Waals surface area contributed by atoms with Crippen LogP contribution in [0.1, 0.15) is 15.1 Å². The Morgan fingerprint density at radius 1 is 0.944 bits per heavy atom. The van der Waals surface area contributed by atoms with E-state index < -0.39 is 66.6 Å². The van der Waals surface area contributed by atoms with Gasteiger partial charge in [-0.2, -0.15) is 29.9 Å². The molecule has 91 valence electrons. The van der Waals surface area contributed by atoms with E-state index in [1.165, 1.54) is 0 Å². The minimum Gasteiger partial charge on any atom is -0.471 e. The smallest absolute Gasteiger partial charge is 0.0623 e. The van der Waals surface area contributed by atoms with E-state index in [0.29, 0.717) is 0 Å². The molecule has 0 fully saturated rings. The Kier molecular flexibility index (Phi) is 1.55. The normalized spacial score (nSPS) is 18.3. The summed E-state index contributed by atoms with van der Waals surface area (Å²) in [5.41, 5.74) is -1.01. The van der Waals surface area contributed by atoms with Crippen LogP contribution >= 0.6 is 0 Å². The molecule has 1 radical (unpaired) electrons. The van der Waals surface area contributed by atoms with Gasteiger partial charge in [-0.15, -0.1) is 17.8 Å². The standard InChI is InChI=1S/C16H11N.Ir/c1-2-6-14(7-3-1)15-8-10-16(11-9-15)17-12-4-5-13-17;/h1-10,12H;/q-2;/i1D,2D,3D,4D,5D,6D,7D,8D,9D,10D,12D;. The molecule has 1 aromatic heterocycles. The Balaban J connectivity index is 0.00000300. The van der Waals surface area contributed by atoms with Crippen molar-refractivity contribution < 1.29 is 35.2 Å². The predicted molar refractivity (Wildman–Crippen MR) is 68.9 cm³/mol. The third kappa shape index (κ3) is 2.61. The molecule has 18 heavy (non-hydrogen) atoms. The van der Waals surface area contributed by atoms with Gasteiger partial charge in [0, 0.05) is 25.6 Å². The van der Waals surface area contributed by atoms with Crippen molar-refractivity contribution >= 4 is 0 Å². The first-order valence-corrected chi connectivity index (χ1v) is 4.67. The molecule has 2 heteroatoms. The van der Waals surface area contributed by atoms with Crippen LogP contribution in [0.3, 0.4) is 0 Å². The Morgan fingerprint density at radius 3 is 2.50 bits per heavy atom. The molecule has 0 atom stereocenters. The van der Waals surface area contributed by atoms with Gasteiger partial charge in [-0.05, 0) is 2.74 Å². The van der Waals surface area contributed by atoms with Gasteiger partial charge in [-0.25, -0.2) is 6.07 Å². The molecular formula is C16H11IrN-2. The molecule has 0 aliphatic heterocycles. The van der Waals surface area contributed by atoms with Crippen LogP contribution in [0.4, 0.5) is 0 Å². The van der Waals surface area contributed by atoms with Crippen molar-refractivity contribution in [3.8, 4) is 16.8 Å². The van der Waals surface area contributed by atoms with E-state index in [1.807, 2.05) is 0 Å². The zero-order valence-corrected chi connectivity index (χ0v) is 11.2. The van der Waals surface area contributed by atoms with Gasteiger partial charge in [0.1, 0.15) is 0 Å². The number of nitrogens with zero attached hydrogens (tertiary/aromatic N) is 1. The van der Waals surface area contributed by atoms with Crippen LogP contribution in [0.2, 0.25) is 0 Å². The number of hydrogen-bond acceptors (Lipinski definition) is 0. The van der Waals surface area contributed by atoms with Gasteiger partial charge in [0.25, 0.3) is 0 Å². The topological polar surface area (TPSA) is 4.93 Å². The SMILES string of the molecule is [2H]c1[c-]n(-c2[c-]c([2H])c(-c3c([2H])c([2H])c([2H])c([2H])c3[2H])c([2H])c2[2H])c([2H])c1[2H].[Ir]. The fraction of sp³-hybridized carbons (Fsp3) is 0. The van der Waals surface area contributed by atoms with Gasteiger partial charge >= 0.3 is 0 Å². The summed E-state index contributed by atoms with van der Waals surface area (Å²) in [6.07, 6.45) is 1.89. The minimum absolute atomic E-state index is 0. The zero-order chi connectivity index (χ0) is 21.1. The van der Waals surface area contributed by atoms with Crippen LogP contribution in [0.25, 0.3) is 16.8 Å². The Hall–Kier alpha value is -1.63. The van der Waals surface area contributed by atoms with Gasteiger partial charge in [0.05, 0.1) is 6.85 Å². The van der Waals surface area contributed by atoms with Crippen molar-refractivity contribution in [3.63, 3.8) is 0 Å². The van der Waals surface area contributed by atoms with Crippen LogP contribution in [-0.2, 0) is 20.1 Å². The molecule has 3 aromatic rings. The van der Waals surface area contributed by atoms with Crippen LogP contribution in [-0.4, -0.2) is 4.57 Å². The number of hydrogen-bond donors (Lipinski definition) is 0. The molecule has 3 rings (SSSR count). The maximum absolute atomic E-state index is 8.24. The molecule has 0 saturated carbocycles. The second-order valence-corrected chi connectivity index (χ2v) is 3.03. The quantitative estimate of drug-likeness (QED) is 0.557. The van der Waals surface area contributed by atoms with E-state index >= 15 is 0 Å². The van der Waals surface area contributed by atoms with E-state index in [1.54, 1.807) is 0 Å². The molecule has 0 N–H and O–H groups in total. The van der Waals surface area contributed by atoms with E-state index in [0.717, 1.165) is 4.57 Å². The summed E-state index contributed by atoms with van der Waals surface area (Å²) in [4.78, 5) is 0. The summed E-state index contributed by atoms with van der Waals surface area (Å²) < 4.78 is 87.6. The summed E-state index contributed by atoms with van der Waals surface area (Å²) in [7, 11) is 0. The molecule has 0 saturated heterocycles. The Morgan fingerprint density at radius 2 is 1.78 bits per heavy atom. The molecule has 0 bridgehead atoms. The van der Waals surface area contributed by atoms with Crippen molar-refractivity contribution in [3.05, 3.63) is 78.9 Å². The second-order valence-electron chi connectivity index (χ2n) is 3.03. The molecule has 0 spiro atoms. The third-order valence-electron chi connectivity index (χ3n) is 1.98. The maximum atomic E-state index is 8.24. The van der Waals surface area contributed by atoms with Gasteiger partial charge in [-0.3, -0.25) is 0 Å². The first kappa shape index (κ1) is 4.80. The van der Waals surface area contributed by atoms with Gasteiger partial charge in [0.2, 0.25) is 0 Å². The predicted octanol–water partition coefficient (Wildman–Crippen LogP) is 3.74. The molecule has 1 heterocycles. The molecule has 0 aliphatic carbocycles. The number of rotatable bonds is 2. The summed E-state index contributed by atoms with van der Waals surface area (Å²) in [6, 6.07) is -3.14. The number of benzene rings is 2. The maximum Gasteiger partial charge on any atom is 0.0623 e. The van der Waals surface area contributed by atoms with E-state index in [4.69, 9.17) is 15.1 Å². The van der Waals surface area contributed by atoms with Gasteiger partial charge < -0.3 is 4.57 Å². The van der Waals surface area contributed by atoms with E-state index in [2.05, 4.69) is 12.3 Å². The van der Waals surface area contributed by atoms with Crippen LogP contribution in [0.5, 0.6) is 0 Å². The fourth-order valence-electron chi connectivity index (χ4n) is 1.23. The fourth-order valence-corrected chi connectivity index (χ4v) is 1.23. The zero-order valence-electron chi connectivity index (χ0n) is 19.8. The van der Waals surface area contributed by atoms with Crippen molar-refractivity contribution in [2.45, 2.75) is 0 Å². The van der Waals surface area contributed by atoms with Crippen molar-refractivity contribution in [1.29, 1.82) is 0 Å². The average molecular weight is 421 g/mol. The van der Waals surface area contributed by atoms with E-state index in [9.17, 15) is 0 Å². The summed E-state index contributed by atoms with van der Waals surface area (Å²) in [5, 5.41) is 0. The molecule has 2 aromatic carbocycles. The first-order valence-electron chi connectivity index (χ1n) is 10.2. The molecule has 1 nitrogen and oxygen atoms in total. The van der Waals surface area contributed by atoms with Gasteiger partial charge in [0.15, 0.2) is 0 Å². The average Bonchev–Trinajstić information content (AvgIpc) is 2.91. The van der Waals surface area contributed by atoms with E-state index in [-0.39, 0.29) is 36.9 Å². The Labute approximate surface area is 136 Å². The Bertz CT molecular complexity index is 1110. The molecule has 0 amide bonds. The first-order chi connectivity index (χ1) is 13.0. The van der Waals surface area contributed by atoms with Crippen LogP contribution < -0.4 is 0 Å². The van der Waals surface area contributed by atoms with Crippen LogP contribution in [0, 0.1) is 12.3 Å². The molecule has 0 unspecified atom stereocenters. The van der Waals surface area contributed by atoms with Crippen LogP contribution in [0.15, 0.2) is 66.6 Å². The summed E-state index contributed by atoms with van der Waals surface area (Å²) >= 11 is 0. The molecule has 0 aliphatic rings. The minimum atomic E-state index is -0.629. The van der Waals surface area contributed by atoms with Crippen molar-refractivity contribution in [2.24, 2.45) is 0 Å². The largest absolute Gasteiger partial charge is 0.471 e. The summed E-state index contributed by atoms with van der Waals surface area (Å²) in [5.74, 6) is 0. The van der Waals surface area contributed by atoms with Gasteiger partial charge in [-0.1, -0.05) is 42.0 Å². The molecular weight excluding hydrogens is 398 g/mol. The second kappa shape index (κ2) is 5.81. The summed E-state index contributed by atoms with van der Waals surface area (Å²) in [6.45, 7) is 0. The monoisotopic (exact) mass is 421 g/mol. The van der Waals surface area contributed by atoms with Crippen molar-refractivity contribution in [1.82, 2.24) is 4.57 Å².